The Balaban J connectivity index is 1.41. The molecule has 8 nitrogen and oxygen atoms in total. The van der Waals surface area contributed by atoms with Crippen molar-refractivity contribution in [1.82, 2.24) is 19.4 Å². The van der Waals surface area contributed by atoms with Crippen molar-refractivity contribution in [1.29, 1.82) is 0 Å². The third-order valence-corrected chi connectivity index (χ3v) is 6.06. The van der Waals surface area contributed by atoms with E-state index in [2.05, 4.69) is 15.3 Å². The van der Waals surface area contributed by atoms with Gasteiger partial charge in [0.25, 0.3) is 0 Å². The lowest BCUT2D eigenvalue weighted by atomic mass is 10.2. The van der Waals surface area contributed by atoms with E-state index in [0.717, 1.165) is 11.3 Å². The number of amides is 2. The van der Waals surface area contributed by atoms with Crippen molar-refractivity contribution in [3.8, 4) is 11.3 Å². The Morgan fingerprint density at radius 3 is 2.91 bits per heavy atom. The highest BCUT2D eigenvalue weighted by molar-refractivity contribution is 6.30. The van der Waals surface area contributed by atoms with Gasteiger partial charge in [-0.3, -0.25) is 5.73 Å². The maximum absolute atomic E-state index is 14.4. The van der Waals surface area contributed by atoms with Crippen LogP contribution in [0.25, 0.3) is 22.2 Å². The Hall–Kier alpha value is -3.40. The number of hydrogen-bond donors (Lipinski definition) is 4. The quantitative estimate of drug-likeness (QED) is 0.332. The van der Waals surface area contributed by atoms with E-state index in [4.69, 9.17) is 17.3 Å². The first-order valence-corrected chi connectivity index (χ1v) is 10.8. The molecule has 5 rings (SSSR count). The molecular weight excluding hydrogens is 447 g/mol. The number of hydrogen-bond acceptors (Lipinski definition) is 4. The predicted molar refractivity (Wildman–Crippen MR) is 124 cm³/mol. The van der Waals surface area contributed by atoms with E-state index < -0.39 is 24.6 Å². The molecular formula is C23H22ClFN6O2. The van der Waals surface area contributed by atoms with E-state index >= 15 is 0 Å². The molecule has 2 aromatic heterocycles. The molecule has 2 amide bonds. The highest BCUT2D eigenvalue weighted by Gasteiger charge is 2.38. The zero-order valence-corrected chi connectivity index (χ0v) is 18.2. The van der Waals surface area contributed by atoms with Crippen molar-refractivity contribution >= 4 is 34.2 Å². The fraction of sp³-hybridized carbons (Fsp3) is 0.217. The normalized spacial score (nSPS) is 19.2. The maximum Gasteiger partial charge on any atom is 0.322 e. The fourth-order valence-electron chi connectivity index (χ4n) is 4.29. The molecule has 1 aliphatic heterocycles. The van der Waals surface area contributed by atoms with Crippen molar-refractivity contribution in [2.24, 2.45) is 5.73 Å². The van der Waals surface area contributed by atoms with Crippen LogP contribution >= 0.6 is 11.6 Å². The van der Waals surface area contributed by atoms with Crippen LogP contribution in [0.3, 0.4) is 0 Å². The van der Waals surface area contributed by atoms with E-state index in [1.165, 1.54) is 9.47 Å². The van der Waals surface area contributed by atoms with Gasteiger partial charge in [0.05, 0.1) is 35.7 Å². The second-order valence-electron chi connectivity index (χ2n) is 8.00. The summed E-state index contributed by atoms with van der Waals surface area (Å²) in [5.41, 5.74) is 8.37. The number of aliphatic hydroxyl groups is 1. The zero-order valence-electron chi connectivity index (χ0n) is 17.5. The Bertz CT molecular complexity index is 1320. The molecule has 3 heterocycles. The molecule has 4 aromatic rings. The number of H-pyrrole nitrogens is 1. The summed E-state index contributed by atoms with van der Waals surface area (Å²) in [6.07, 6.45) is 0.920. The number of nitrogens with two attached hydrogens (primary N) is 1. The number of benzene rings is 2. The molecule has 1 unspecified atom stereocenters. The first-order valence-electron chi connectivity index (χ1n) is 10.5. The first-order chi connectivity index (χ1) is 15.9. The minimum absolute atomic E-state index is 0.0537. The summed E-state index contributed by atoms with van der Waals surface area (Å²) in [7, 11) is 0. The third kappa shape index (κ3) is 4.06. The van der Waals surface area contributed by atoms with Gasteiger partial charge in [0, 0.05) is 28.6 Å². The lowest BCUT2D eigenvalue weighted by molar-refractivity contribution is 0.116. The number of nitrogens with one attached hydrogen (secondary N) is 2. The predicted octanol–water partition coefficient (Wildman–Crippen LogP) is 4.41. The molecule has 1 aliphatic rings. The summed E-state index contributed by atoms with van der Waals surface area (Å²) in [4.78, 5) is 22.2. The largest absolute Gasteiger partial charge is 0.361 e. The molecule has 3 atom stereocenters. The van der Waals surface area contributed by atoms with Crippen LogP contribution in [0.5, 0.6) is 0 Å². The summed E-state index contributed by atoms with van der Waals surface area (Å²) < 4.78 is 15.9. The maximum atomic E-state index is 14.4. The topological polar surface area (TPSA) is 112 Å². The number of anilines is 1. The van der Waals surface area contributed by atoms with E-state index in [-0.39, 0.29) is 13.0 Å². The number of urea groups is 1. The van der Waals surface area contributed by atoms with E-state index in [1.807, 2.05) is 30.3 Å². The number of para-hydroxylation sites is 1. The van der Waals surface area contributed by atoms with Crippen LogP contribution in [0.4, 0.5) is 14.9 Å². The molecule has 1 saturated heterocycles. The van der Waals surface area contributed by atoms with Gasteiger partial charge in [-0.1, -0.05) is 41.9 Å². The second kappa shape index (κ2) is 8.51. The van der Waals surface area contributed by atoms with E-state index in [0.29, 0.717) is 27.4 Å². The molecule has 2 aromatic carbocycles. The number of nitrogens with zero attached hydrogens (tertiary/aromatic N) is 3. The SMILES string of the molecule is NC(O)n1cc(NC(=O)N2C[C@H](F)C[C@H]2c2ncc(-c3cccc(Cl)c3)[nH]2)c2ccccc21. The summed E-state index contributed by atoms with van der Waals surface area (Å²) in [5, 5.41) is 14.0. The van der Waals surface area contributed by atoms with Crippen molar-refractivity contribution in [2.75, 3.05) is 11.9 Å². The summed E-state index contributed by atoms with van der Waals surface area (Å²) in [6.45, 7) is -0.0537. The molecule has 0 spiro atoms. The van der Waals surface area contributed by atoms with Crippen LogP contribution in [0, 0.1) is 0 Å². The van der Waals surface area contributed by atoms with Crippen molar-refractivity contribution in [3.05, 3.63) is 71.8 Å². The van der Waals surface area contributed by atoms with Gasteiger partial charge in [-0.25, -0.2) is 14.2 Å². The van der Waals surface area contributed by atoms with Crippen LogP contribution in [-0.2, 0) is 0 Å². The van der Waals surface area contributed by atoms with Crippen LogP contribution < -0.4 is 11.1 Å². The van der Waals surface area contributed by atoms with Gasteiger partial charge >= 0.3 is 6.03 Å². The number of aromatic nitrogens is 3. The summed E-state index contributed by atoms with van der Waals surface area (Å²) in [5.74, 6) is 0.500. The Morgan fingerprint density at radius 1 is 1.30 bits per heavy atom. The number of aromatic amines is 1. The van der Waals surface area contributed by atoms with Crippen molar-refractivity contribution < 1.29 is 14.3 Å². The smallest absolute Gasteiger partial charge is 0.322 e. The number of likely N-dealkylation sites (tertiary alicyclic amines) is 1. The highest BCUT2D eigenvalue weighted by Crippen LogP contribution is 2.35. The van der Waals surface area contributed by atoms with Gasteiger partial charge in [-0.15, -0.1) is 0 Å². The van der Waals surface area contributed by atoms with Crippen LogP contribution in [0.15, 0.2) is 60.9 Å². The van der Waals surface area contributed by atoms with Gasteiger partial charge in [0.15, 0.2) is 6.35 Å². The summed E-state index contributed by atoms with van der Waals surface area (Å²) in [6, 6.07) is 13.5. The second-order valence-corrected chi connectivity index (χ2v) is 8.44. The molecule has 0 aliphatic carbocycles. The lowest BCUT2D eigenvalue weighted by Gasteiger charge is -2.23. The molecule has 0 saturated carbocycles. The number of carbonyl (C=O) groups is 1. The van der Waals surface area contributed by atoms with Crippen molar-refractivity contribution in [3.63, 3.8) is 0 Å². The first kappa shape index (κ1) is 21.4. The highest BCUT2D eigenvalue weighted by atomic mass is 35.5. The van der Waals surface area contributed by atoms with Gasteiger partial charge in [-0.05, 0) is 18.2 Å². The Kier molecular flexibility index (Phi) is 5.53. The number of halogens is 2. The fourth-order valence-corrected chi connectivity index (χ4v) is 4.48. The molecule has 1 fully saturated rings. The molecule has 10 heteroatoms. The van der Waals surface area contributed by atoms with Crippen LogP contribution in [0.2, 0.25) is 5.02 Å². The number of aliphatic hydroxyl groups excluding tert-OH is 1. The molecule has 0 bridgehead atoms. The van der Waals surface area contributed by atoms with E-state index in [9.17, 15) is 14.3 Å². The number of alkyl halides is 1. The number of fused-ring (bicyclic) bond motifs is 1. The van der Waals surface area contributed by atoms with Crippen LogP contribution in [-0.4, -0.2) is 43.3 Å². The standard InChI is InChI=1S/C23H22ClFN6O2/c24-14-5-3-4-13(8-14)17-10-27-21(28-17)20-9-15(25)11-31(20)23(33)29-18-12-30(22(26)32)19-7-2-1-6-16(18)19/h1-8,10,12,15,20,22,32H,9,11,26H2,(H,27,28)(H,29,33)/t15-,20+,22?/m1/s1. The average molecular weight is 469 g/mol. The number of carbonyl (C=O) groups excluding carboxylic acids is 1. The molecule has 170 valence electrons. The number of imidazole rings is 1. The van der Waals surface area contributed by atoms with Gasteiger partial charge < -0.3 is 24.9 Å². The Morgan fingerprint density at radius 2 is 2.12 bits per heavy atom. The third-order valence-electron chi connectivity index (χ3n) is 5.82. The van der Waals surface area contributed by atoms with Gasteiger partial charge in [0.1, 0.15) is 12.0 Å². The molecule has 33 heavy (non-hydrogen) atoms. The number of rotatable bonds is 4. The average Bonchev–Trinajstić information content (AvgIpc) is 3.51. The summed E-state index contributed by atoms with van der Waals surface area (Å²) >= 11 is 6.08. The zero-order chi connectivity index (χ0) is 23.1. The molecule has 5 N–H and O–H groups in total. The minimum atomic E-state index is -1.26. The monoisotopic (exact) mass is 468 g/mol. The van der Waals surface area contributed by atoms with Crippen molar-refractivity contribution in [2.45, 2.75) is 25.0 Å². The Labute approximate surface area is 193 Å². The van der Waals surface area contributed by atoms with Crippen LogP contribution in [0.1, 0.15) is 24.6 Å². The van der Waals surface area contributed by atoms with Gasteiger partial charge in [0.2, 0.25) is 0 Å². The molecule has 0 radical (unpaired) electrons. The lowest BCUT2D eigenvalue weighted by Crippen LogP contribution is -2.35. The van der Waals surface area contributed by atoms with Gasteiger partial charge in [-0.2, -0.15) is 0 Å². The minimum Gasteiger partial charge on any atom is -0.361 e. The van der Waals surface area contributed by atoms with E-state index in [1.54, 1.807) is 30.6 Å².